The summed E-state index contributed by atoms with van der Waals surface area (Å²) >= 11 is 3.06. The second-order valence-electron chi connectivity index (χ2n) is 3.99. The number of nitrogens with zero attached hydrogens (tertiary/aromatic N) is 2. The highest BCUT2D eigenvalue weighted by molar-refractivity contribution is 9.10. The third-order valence-corrected chi connectivity index (χ3v) is 3.34. The lowest BCUT2D eigenvalue weighted by Crippen LogP contribution is -2.48. The quantitative estimate of drug-likeness (QED) is 0.632. The van der Waals surface area contributed by atoms with Crippen LogP contribution in [0.15, 0.2) is 16.6 Å². The van der Waals surface area contributed by atoms with E-state index in [1.807, 2.05) is 4.90 Å². The van der Waals surface area contributed by atoms with E-state index in [0.29, 0.717) is 29.8 Å². The summed E-state index contributed by atoms with van der Waals surface area (Å²) in [6, 6.07) is 3.38. The highest BCUT2D eigenvalue weighted by Crippen LogP contribution is 2.26. The van der Waals surface area contributed by atoms with Gasteiger partial charge in [0.2, 0.25) is 5.95 Å². The van der Waals surface area contributed by atoms with Crippen molar-refractivity contribution in [1.29, 1.82) is 0 Å². The van der Waals surface area contributed by atoms with Crippen molar-refractivity contribution >= 4 is 27.7 Å². The summed E-state index contributed by atoms with van der Waals surface area (Å²) in [7, 11) is 1.38. The molecule has 2 heterocycles. The van der Waals surface area contributed by atoms with Crippen LogP contribution in [0, 0.1) is 11.9 Å². The van der Waals surface area contributed by atoms with Crippen LogP contribution < -0.4 is 4.90 Å². The van der Waals surface area contributed by atoms with E-state index in [-0.39, 0.29) is 11.9 Å². The predicted octanol–water partition coefficient (Wildman–Crippen LogP) is 1.98. The average molecular weight is 303 g/mol. The van der Waals surface area contributed by atoms with E-state index in [9.17, 15) is 9.18 Å². The van der Waals surface area contributed by atoms with Crippen molar-refractivity contribution in [3.05, 3.63) is 22.6 Å². The van der Waals surface area contributed by atoms with E-state index >= 15 is 0 Å². The topological polar surface area (TPSA) is 42.4 Å². The molecule has 0 unspecified atom stereocenters. The fourth-order valence-corrected chi connectivity index (χ4v) is 2.01. The largest absolute Gasteiger partial charge is 0.469 e. The molecule has 0 aromatic carbocycles. The third kappa shape index (κ3) is 2.74. The van der Waals surface area contributed by atoms with Crippen molar-refractivity contribution in [3.63, 3.8) is 0 Å². The molecule has 17 heavy (non-hydrogen) atoms. The van der Waals surface area contributed by atoms with Gasteiger partial charge in [-0.3, -0.25) is 4.79 Å². The highest BCUT2D eigenvalue weighted by Gasteiger charge is 2.30. The van der Waals surface area contributed by atoms with Gasteiger partial charge in [-0.25, -0.2) is 4.98 Å². The second kappa shape index (κ2) is 5.00. The predicted molar refractivity (Wildman–Crippen MR) is 64.2 cm³/mol. The average Bonchev–Trinajstić information content (AvgIpc) is 2.26. The minimum absolute atomic E-state index is 0.204. The minimum Gasteiger partial charge on any atom is -0.469 e. The summed E-state index contributed by atoms with van der Waals surface area (Å²) in [4.78, 5) is 16.8. The second-order valence-corrected chi connectivity index (χ2v) is 4.85. The zero-order valence-electron chi connectivity index (χ0n) is 9.32. The van der Waals surface area contributed by atoms with Gasteiger partial charge in [0.15, 0.2) is 0 Å². The van der Waals surface area contributed by atoms with Crippen LogP contribution >= 0.6 is 15.9 Å². The van der Waals surface area contributed by atoms with Gasteiger partial charge in [-0.15, -0.1) is 0 Å². The first kappa shape index (κ1) is 12.3. The van der Waals surface area contributed by atoms with Crippen molar-refractivity contribution in [1.82, 2.24) is 4.98 Å². The SMILES string of the molecule is COC(=O)CC1CN(c2ccc(Br)c(F)n2)C1. The Morgan fingerprint density at radius 3 is 2.94 bits per heavy atom. The van der Waals surface area contributed by atoms with Crippen molar-refractivity contribution < 1.29 is 13.9 Å². The molecular formula is C11H12BrFN2O2. The lowest BCUT2D eigenvalue weighted by atomic mass is 9.96. The molecule has 1 aromatic rings. The molecule has 4 nitrogen and oxygen atoms in total. The molecule has 1 fully saturated rings. The Labute approximate surface area is 107 Å². The van der Waals surface area contributed by atoms with Gasteiger partial charge in [-0.2, -0.15) is 4.39 Å². The number of hydrogen-bond acceptors (Lipinski definition) is 4. The molecule has 0 amide bonds. The minimum atomic E-state index is -0.515. The number of pyridine rings is 1. The number of rotatable bonds is 3. The van der Waals surface area contributed by atoms with Crippen molar-refractivity contribution in [2.75, 3.05) is 25.1 Å². The number of halogens is 2. The number of methoxy groups -OCH3 is 1. The number of ether oxygens (including phenoxy) is 1. The number of esters is 1. The van der Waals surface area contributed by atoms with Crippen LogP contribution in [0.1, 0.15) is 6.42 Å². The van der Waals surface area contributed by atoms with Crippen LogP contribution in [0.3, 0.4) is 0 Å². The lowest BCUT2D eigenvalue weighted by molar-refractivity contribution is -0.141. The monoisotopic (exact) mass is 302 g/mol. The van der Waals surface area contributed by atoms with E-state index in [1.165, 1.54) is 7.11 Å². The molecule has 92 valence electrons. The van der Waals surface area contributed by atoms with Crippen molar-refractivity contribution in [3.8, 4) is 0 Å². The number of carbonyl (C=O) groups excluding carboxylic acids is 1. The Bertz CT molecular complexity index is 435. The van der Waals surface area contributed by atoms with E-state index < -0.39 is 5.95 Å². The fraction of sp³-hybridized carbons (Fsp3) is 0.455. The number of aromatic nitrogens is 1. The lowest BCUT2D eigenvalue weighted by Gasteiger charge is -2.39. The van der Waals surface area contributed by atoms with Crippen molar-refractivity contribution in [2.45, 2.75) is 6.42 Å². The van der Waals surface area contributed by atoms with Gasteiger partial charge in [0.25, 0.3) is 0 Å². The molecule has 0 saturated carbocycles. The zero-order chi connectivity index (χ0) is 12.4. The fourth-order valence-electron chi connectivity index (χ4n) is 1.79. The normalized spacial score (nSPS) is 15.6. The molecule has 1 aromatic heterocycles. The van der Waals surface area contributed by atoms with Gasteiger partial charge < -0.3 is 9.64 Å². The maximum atomic E-state index is 13.2. The number of anilines is 1. The van der Waals surface area contributed by atoms with Crippen LogP contribution in [0.4, 0.5) is 10.2 Å². The van der Waals surface area contributed by atoms with E-state index in [2.05, 4.69) is 25.7 Å². The molecule has 1 saturated heterocycles. The highest BCUT2D eigenvalue weighted by atomic mass is 79.9. The van der Waals surface area contributed by atoms with Gasteiger partial charge in [0, 0.05) is 19.0 Å². The van der Waals surface area contributed by atoms with Crippen LogP contribution in [-0.2, 0) is 9.53 Å². The molecule has 0 atom stereocenters. The van der Waals surface area contributed by atoms with Crippen LogP contribution in [0.5, 0.6) is 0 Å². The Kier molecular flexibility index (Phi) is 3.61. The number of carbonyl (C=O) groups is 1. The zero-order valence-corrected chi connectivity index (χ0v) is 10.9. The smallest absolute Gasteiger partial charge is 0.305 e. The molecule has 1 aliphatic heterocycles. The molecule has 0 bridgehead atoms. The maximum absolute atomic E-state index is 13.2. The van der Waals surface area contributed by atoms with Crippen LogP contribution in [0.2, 0.25) is 0 Å². The Hall–Kier alpha value is -1.17. The van der Waals surface area contributed by atoms with E-state index in [4.69, 9.17) is 0 Å². The van der Waals surface area contributed by atoms with Gasteiger partial charge in [0.1, 0.15) is 5.82 Å². The molecule has 2 rings (SSSR count). The first-order chi connectivity index (χ1) is 8.10. The Morgan fingerprint density at radius 2 is 2.35 bits per heavy atom. The maximum Gasteiger partial charge on any atom is 0.305 e. The summed E-state index contributed by atoms with van der Waals surface area (Å²) in [6.45, 7) is 1.42. The Morgan fingerprint density at radius 1 is 1.65 bits per heavy atom. The summed E-state index contributed by atoms with van der Waals surface area (Å²) in [6.07, 6.45) is 0.409. The first-order valence-electron chi connectivity index (χ1n) is 5.24. The molecule has 1 aliphatic rings. The van der Waals surface area contributed by atoms with Gasteiger partial charge in [-0.1, -0.05) is 0 Å². The van der Waals surface area contributed by atoms with Gasteiger partial charge in [-0.05, 0) is 28.1 Å². The summed E-state index contributed by atoms with van der Waals surface area (Å²) in [5, 5.41) is 0. The van der Waals surface area contributed by atoms with Gasteiger partial charge in [0.05, 0.1) is 18.0 Å². The van der Waals surface area contributed by atoms with Crippen LogP contribution in [0.25, 0.3) is 0 Å². The summed E-state index contributed by atoms with van der Waals surface area (Å²) < 4.78 is 18.2. The summed E-state index contributed by atoms with van der Waals surface area (Å²) in [5.74, 6) is 0.159. The molecule has 6 heteroatoms. The van der Waals surface area contributed by atoms with E-state index in [1.54, 1.807) is 12.1 Å². The molecule has 0 spiro atoms. The molecule has 0 N–H and O–H groups in total. The van der Waals surface area contributed by atoms with Crippen molar-refractivity contribution in [2.24, 2.45) is 5.92 Å². The molecule has 0 radical (unpaired) electrons. The van der Waals surface area contributed by atoms with Gasteiger partial charge >= 0.3 is 5.97 Å². The number of hydrogen-bond donors (Lipinski definition) is 0. The molecule has 0 aliphatic carbocycles. The molecular weight excluding hydrogens is 291 g/mol. The first-order valence-corrected chi connectivity index (χ1v) is 6.03. The van der Waals surface area contributed by atoms with E-state index in [0.717, 1.165) is 0 Å². The standard InChI is InChI=1S/C11H12BrFN2O2/c1-17-10(16)4-7-5-15(6-7)9-3-2-8(12)11(13)14-9/h2-3,7H,4-6H2,1H3. The summed E-state index contributed by atoms with van der Waals surface area (Å²) in [5.41, 5.74) is 0. The van der Waals surface area contributed by atoms with Crippen LogP contribution in [-0.4, -0.2) is 31.2 Å². The Balaban J connectivity index is 1.91. The third-order valence-electron chi connectivity index (χ3n) is 2.75.